The second-order valence-corrected chi connectivity index (χ2v) is 5.14. The topological polar surface area (TPSA) is 69.7 Å². The molecule has 0 atom stereocenters. The van der Waals surface area contributed by atoms with Gasteiger partial charge in [-0.1, -0.05) is 0 Å². The Morgan fingerprint density at radius 2 is 2.19 bits per heavy atom. The van der Waals surface area contributed by atoms with Crippen molar-refractivity contribution >= 4 is 16.1 Å². The van der Waals surface area contributed by atoms with Gasteiger partial charge in [0.1, 0.15) is 5.76 Å². The Morgan fingerprint density at radius 3 is 2.69 bits per heavy atom. The van der Waals surface area contributed by atoms with Gasteiger partial charge < -0.3 is 4.74 Å². The van der Waals surface area contributed by atoms with Gasteiger partial charge in [-0.3, -0.25) is 4.18 Å². The summed E-state index contributed by atoms with van der Waals surface area (Å²) in [5, 5.41) is 0. The minimum atomic E-state index is -3.36. The third-order valence-electron chi connectivity index (χ3n) is 1.88. The van der Waals surface area contributed by atoms with E-state index in [0.717, 1.165) is 6.26 Å². The fourth-order valence-corrected chi connectivity index (χ4v) is 1.55. The van der Waals surface area contributed by atoms with Crippen LogP contribution in [0.5, 0.6) is 0 Å². The van der Waals surface area contributed by atoms with Gasteiger partial charge in [-0.15, -0.1) is 0 Å². The van der Waals surface area contributed by atoms with Crippen LogP contribution in [0.1, 0.15) is 19.8 Å². The first kappa shape index (κ1) is 12.9. The SMILES string of the molecule is CC1=C/C(=C\CCCOS(C)(=O)=O)OC1=O. The molecule has 0 fully saturated rings. The van der Waals surface area contributed by atoms with Crippen LogP contribution in [0.25, 0.3) is 0 Å². The van der Waals surface area contributed by atoms with Crippen LogP contribution in [0.2, 0.25) is 0 Å². The van der Waals surface area contributed by atoms with Crippen molar-refractivity contribution in [1.82, 2.24) is 0 Å². The number of hydrogen-bond acceptors (Lipinski definition) is 5. The molecule has 0 aromatic carbocycles. The number of esters is 1. The molecule has 0 amide bonds. The number of rotatable bonds is 5. The Morgan fingerprint density at radius 1 is 1.50 bits per heavy atom. The quantitative estimate of drug-likeness (QED) is 0.413. The van der Waals surface area contributed by atoms with Gasteiger partial charge in [-0.2, -0.15) is 8.42 Å². The Kier molecular flexibility index (Phi) is 4.26. The molecule has 1 rings (SSSR count). The van der Waals surface area contributed by atoms with E-state index in [-0.39, 0.29) is 12.6 Å². The minimum absolute atomic E-state index is 0.138. The predicted octanol–water partition coefficient (Wildman–Crippen LogP) is 1.13. The van der Waals surface area contributed by atoms with E-state index in [4.69, 9.17) is 4.74 Å². The Bertz CT molecular complexity index is 430. The summed E-state index contributed by atoms with van der Waals surface area (Å²) < 4.78 is 30.7. The third kappa shape index (κ3) is 4.59. The highest BCUT2D eigenvalue weighted by Gasteiger charge is 2.15. The van der Waals surface area contributed by atoms with E-state index >= 15 is 0 Å². The molecule has 0 saturated heterocycles. The second kappa shape index (κ2) is 5.27. The lowest BCUT2D eigenvalue weighted by atomic mass is 10.2. The van der Waals surface area contributed by atoms with Crippen molar-refractivity contribution in [1.29, 1.82) is 0 Å². The number of unbranched alkanes of at least 4 members (excludes halogenated alkanes) is 1. The van der Waals surface area contributed by atoms with Crippen molar-refractivity contribution in [2.45, 2.75) is 19.8 Å². The summed E-state index contributed by atoms with van der Waals surface area (Å²) in [5.74, 6) is 0.181. The van der Waals surface area contributed by atoms with Crippen LogP contribution in [0.3, 0.4) is 0 Å². The Hall–Kier alpha value is -1.14. The smallest absolute Gasteiger partial charge is 0.339 e. The van der Waals surface area contributed by atoms with E-state index in [0.29, 0.717) is 24.2 Å². The maximum atomic E-state index is 11.0. The lowest BCUT2D eigenvalue weighted by molar-refractivity contribution is -0.133. The zero-order valence-corrected chi connectivity index (χ0v) is 10.0. The van der Waals surface area contributed by atoms with Gasteiger partial charge in [-0.25, -0.2) is 4.79 Å². The molecule has 16 heavy (non-hydrogen) atoms. The monoisotopic (exact) mass is 246 g/mol. The van der Waals surface area contributed by atoms with Crippen LogP contribution in [0.4, 0.5) is 0 Å². The van der Waals surface area contributed by atoms with E-state index in [1.807, 2.05) is 0 Å². The molecule has 1 aliphatic rings. The zero-order valence-electron chi connectivity index (χ0n) is 9.23. The van der Waals surface area contributed by atoms with Gasteiger partial charge in [0, 0.05) is 5.57 Å². The summed E-state index contributed by atoms with van der Waals surface area (Å²) >= 11 is 0. The molecule has 0 N–H and O–H groups in total. The van der Waals surface area contributed by atoms with Crippen LogP contribution in [0.15, 0.2) is 23.5 Å². The average molecular weight is 246 g/mol. The molecule has 0 aromatic heterocycles. The van der Waals surface area contributed by atoms with Crippen LogP contribution >= 0.6 is 0 Å². The zero-order chi connectivity index (χ0) is 12.2. The molecular formula is C10H14O5S. The average Bonchev–Trinajstić information content (AvgIpc) is 2.44. The Labute approximate surface area is 94.9 Å². The lowest BCUT2D eigenvalue weighted by Crippen LogP contribution is -2.03. The molecule has 5 nitrogen and oxygen atoms in total. The van der Waals surface area contributed by atoms with Crippen molar-refractivity contribution in [2.24, 2.45) is 0 Å². The second-order valence-electron chi connectivity index (χ2n) is 3.49. The van der Waals surface area contributed by atoms with Crippen LogP contribution < -0.4 is 0 Å². The van der Waals surface area contributed by atoms with Crippen molar-refractivity contribution in [3.05, 3.63) is 23.5 Å². The van der Waals surface area contributed by atoms with Crippen molar-refractivity contribution < 1.29 is 22.1 Å². The van der Waals surface area contributed by atoms with Gasteiger partial charge >= 0.3 is 5.97 Å². The van der Waals surface area contributed by atoms with Gasteiger partial charge in [0.05, 0.1) is 12.9 Å². The van der Waals surface area contributed by atoms with Crippen LogP contribution in [0, 0.1) is 0 Å². The van der Waals surface area contributed by atoms with Gasteiger partial charge in [0.25, 0.3) is 10.1 Å². The number of hydrogen-bond donors (Lipinski definition) is 0. The summed E-state index contributed by atoms with van der Waals surface area (Å²) in [5.41, 5.74) is 0.568. The van der Waals surface area contributed by atoms with E-state index < -0.39 is 10.1 Å². The van der Waals surface area contributed by atoms with Crippen LogP contribution in [-0.2, 0) is 23.8 Å². The van der Waals surface area contributed by atoms with Gasteiger partial charge in [0.15, 0.2) is 0 Å². The molecule has 90 valence electrons. The summed E-state index contributed by atoms with van der Waals surface area (Å²) in [6, 6.07) is 0. The van der Waals surface area contributed by atoms with E-state index in [1.54, 1.807) is 19.1 Å². The molecule has 6 heteroatoms. The maximum absolute atomic E-state index is 11.0. The number of allylic oxidation sites excluding steroid dienone is 2. The number of carbonyl (C=O) groups excluding carboxylic acids is 1. The van der Waals surface area contributed by atoms with Gasteiger partial charge in [-0.05, 0) is 31.9 Å². The fourth-order valence-electron chi connectivity index (χ4n) is 1.13. The summed E-state index contributed by atoms with van der Waals surface area (Å²) in [6.07, 6.45) is 5.55. The largest absolute Gasteiger partial charge is 0.424 e. The molecule has 0 spiro atoms. The summed E-state index contributed by atoms with van der Waals surface area (Å²) in [6.45, 7) is 1.81. The van der Waals surface area contributed by atoms with E-state index in [1.165, 1.54) is 0 Å². The van der Waals surface area contributed by atoms with Gasteiger partial charge in [0.2, 0.25) is 0 Å². The third-order valence-corrected chi connectivity index (χ3v) is 2.48. The number of cyclic esters (lactones) is 1. The minimum Gasteiger partial charge on any atom is -0.424 e. The first-order valence-electron chi connectivity index (χ1n) is 4.83. The molecule has 0 radical (unpaired) electrons. The Balaban J connectivity index is 2.27. The first-order valence-corrected chi connectivity index (χ1v) is 6.65. The standard InChI is InChI=1S/C10H14O5S/c1-8-7-9(15-10(8)11)5-3-4-6-14-16(2,12)13/h5,7H,3-4,6H2,1-2H3/b9-5+. The van der Waals surface area contributed by atoms with Crippen molar-refractivity contribution in [3.8, 4) is 0 Å². The summed E-state index contributed by atoms with van der Waals surface area (Å²) in [4.78, 5) is 11.0. The lowest BCUT2D eigenvalue weighted by Gasteiger charge is -1.99. The molecule has 0 unspecified atom stereocenters. The highest BCUT2D eigenvalue weighted by atomic mass is 32.2. The normalized spacial score (nSPS) is 18.8. The molecule has 1 aliphatic heterocycles. The predicted molar refractivity (Wildman–Crippen MR) is 58.0 cm³/mol. The molecular weight excluding hydrogens is 232 g/mol. The molecule has 1 heterocycles. The fraction of sp³-hybridized carbons (Fsp3) is 0.500. The highest BCUT2D eigenvalue weighted by Crippen LogP contribution is 2.16. The summed E-state index contributed by atoms with van der Waals surface area (Å²) in [7, 11) is -3.36. The number of ether oxygens (including phenoxy) is 1. The number of carbonyl (C=O) groups is 1. The highest BCUT2D eigenvalue weighted by molar-refractivity contribution is 7.85. The van der Waals surface area contributed by atoms with Crippen molar-refractivity contribution in [2.75, 3.05) is 12.9 Å². The molecule has 0 bridgehead atoms. The molecule has 0 saturated carbocycles. The van der Waals surface area contributed by atoms with E-state index in [9.17, 15) is 13.2 Å². The van der Waals surface area contributed by atoms with Crippen molar-refractivity contribution in [3.63, 3.8) is 0 Å². The first-order chi connectivity index (χ1) is 7.38. The molecule has 0 aromatic rings. The van der Waals surface area contributed by atoms with Crippen LogP contribution in [-0.4, -0.2) is 27.2 Å². The van der Waals surface area contributed by atoms with E-state index in [2.05, 4.69) is 4.18 Å². The maximum Gasteiger partial charge on any atom is 0.339 e. The molecule has 0 aliphatic carbocycles.